The van der Waals surface area contributed by atoms with Gasteiger partial charge in [-0.3, -0.25) is 5.32 Å². The molecule has 34 heavy (non-hydrogen) atoms. The van der Waals surface area contributed by atoms with Gasteiger partial charge in [-0.25, -0.2) is 9.78 Å². The molecule has 0 radical (unpaired) electrons. The van der Waals surface area contributed by atoms with Gasteiger partial charge in [0.05, 0.1) is 6.42 Å². The number of carbonyl (C=O) groups excluding carboxylic acids is 1. The van der Waals surface area contributed by atoms with Gasteiger partial charge in [0.1, 0.15) is 15.8 Å². The average molecular weight is 491 g/mol. The topological polar surface area (TPSA) is 83.0 Å². The molecule has 2 saturated heterocycles. The summed E-state index contributed by atoms with van der Waals surface area (Å²) >= 11 is 1.52. The van der Waals surface area contributed by atoms with Gasteiger partial charge in [0.15, 0.2) is 0 Å². The summed E-state index contributed by atoms with van der Waals surface area (Å²) in [5, 5.41) is 17.9. The predicted octanol–water partition coefficient (Wildman–Crippen LogP) is 5.13. The van der Waals surface area contributed by atoms with Crippen molar-refractivity contribution in [3.05, 3.63) is 35.5 Å². The second kappa shape index (κ2) is 9.10. The number of nitrogens with one attached hydrogen (secondary N) is 2. The molecule has 0 spiro atoms. The van der Waals surface area contributed by atoms with Crippen LogP contribution in [0.25, 0.3) is 21.3 Å². The number of alkyl halides is 3. The molecule has 1 aromatic carbocycles. The maximum Gasteiger partial charge on any atom is 0.390 e. The number of aryl methyl sites for hydroxylation is 1. The lowest BCUT2D eigenvalue weighted by molar-refractivity contribution is -0.133. The van der Waals surface area contributed by atoms with E-state index >= 15 is 0 Å². The Bertz CT molecular complexity index is 1180. The van der Waals surface area contributed by atoms with Crippen LogP contribution < -0.4 is 10.6 Å². The number of amides is 2. The second-order valence-electron chi connectivity index (χ2n) is 8.97. The lowest BCUT2D eigenvalue weighted by atomic mass is 9.97. The zero-order valence-corrected chi connectivity index (χ0v) is 19.4. The van der Waals surface area contributed by atoms with Crippen LogP contribution in [0.15, 0.2) is 30.5 Å². The molecule has 0 saturated carbocycles. The maximum absolute atomic E-state index is 13.1. The van der Waals surface area contributed by atoms with Crippen molar-refractivity contribution < 1.29 is 18.0 Å². The Morgan fingerprint density at radius 3 is 2.59 bits per heavy atom. The van der Waals surface area contributed by atoms with Crippen LogP contribution in [0.4, 0.5) is 23.8 Å². The van der Waals surface area contributed by atoms with Crippen LogP contribution in [-0.2, 0) is 0 Å². The second-order valence-corrected chi connectivity index (χ2v) is 10.1. The molecular weight excluding hydrogens is 465 g/mol. The molecule has 0 aliphatic carbocycles. The Morgan fingerprint density at radius 1 is 1.15 bits per heavy atom. The number of halogens is 3. The number of hydrogen-bond acceptors (Lipinski definition) is 6. The third kappa shape index (κ3) is 5.00. The molecule has 2 N–H and O–H groups in total. The van der Waals surface area contributed by atoms with Gasteiger partial charge in [0.25, 0.3) is 0 Å². The molecule has 2 amide bonds. The molecule has 2 bridgehead atoms. The minimum Gasteiger partial charge on any atom is -0.318 e. The Morgan fingerprint density at radius 2 is 1.91 bits per heavy atom. The average Bonchev–Trinajstić information content (AvgIpc) is 3.33. The van der Waals surface area contributed by atoms with Gasteiger partial charge < -0.3 is 10.2 Å². The van der Waals surface area contributed by atoms with E-state index < -0.39 is 12.6 Å². The monoisotopic (exact) mass is 490 g/mol. The highest BCUT2D eigenvalue weighted by molar-refractivity contribution is 7.14. The van der Waals surface area contributed by atoms with Crippen LogP contribution in [0.2, 0.25) is 0 Å². The molecule has 5 rings (SSSR count). The third-order valence-corrected chi connectivity index (χ3v) is 7.43. The van der Waals surface area contributed by atoms with Crippen molar-refractivity contribution in [3.63, 3.8) is 0 Å². The largest absolute Gasteiger partial charge is 0.390 e. The molecule has 0 unspecified atom stereocenters. The summed E-state index contributed by atoms with van der Waals surface area (Å²) in [6.07, 6.45) is -0.204. The first-order valence-electron chi connectivity index (χ1n) is 11.3. The van der Waals surface area contributed by atoms with E-state index in [1.54, 1.807) is 6.20 Å². The van der Waals surface area contributed by atoms with E-state index in [4.69, 9.17) is 0 Å². The van der Waals surface area contributed by atoms with Crippen molar-refractivity contribution in [2.24, 2.45) is 0 Å². The van der Waals surface area contributed by atoms with Crippen molar-refractivity contribution in [1.29, 1.82) is 0 Å². The molecule has 180 valence electrons. The minimum absolute atomic E-state index is 0.00472. The number of urea groups is 1. The fourth-order valence-corrected chi connectivity index (χ4v) is 5.71. The Labute approximate surface area is 198 Å². The zero-order valence-electron chi connectivity index (χ0n) is 18.6. The predicted molar refractivity (Wildman–Crippen MR) is 125 cm³/mol. The van der Waals surface area contributed by atoms with Gasteiger partial charge in [-0.2, -0.15) is 13.2 Å². The highest BCUT2D eigenvalue weighted by Crippen LogP contribution is 2.36. The fourth-order valence-electron chi connectivity index (χ4n) is 5.02. The fraction of sp³-hybridized carbons (Fsp3) is 0.478. The number of rotatable bonds is 5. The highest BCUT2D eigenvalue weighted by atomic mass is 32.1. The summed E-state index contributed by atoms with van der Waals surface area (Å²) in [5.74, 6) is 0.466. The standard InChI is InChI=1S/C23H25F3N6OS/c1-13-30-31-21(34-13)14-2-3-15-12-28-20(9-16(15)8-14)29-22(33)32-18-4-5-19(32)11-17(10-18)27-7-6-23(24,25)26/h2-3,8-9,12,17-19,27H,4-7,10-11H2,1H3,(H,28,29,33)/t17-,18-,19+. The van der Waals surface area contributed by atoms with Crippen LogP contribution in [0.1, 0.15) is 37.1 Å². The van der Waals surface area contributed by atoms with Crippen LogP contribution in [0.5, 0.6) is 0 Å². The zero-order chi connectivity index (χ0) is 23.9. The normalized spacial score (nSPS) is 22.4. The quantitative estimate of drug-likeness (QED) is 0.518. The molecule has 7 nitrogen and oxygen atoms in total. The number of carbonyl (C=O) groups is 1. The number of aromatic nitrogens is 3. The Balaban J connectivity index is 1.25. The first-order valence-corrected chi connectivity index (χ1v) is 12.2. The number of nitrogens with zero attached hydrogens (tertiary/aromatic N) is 4. The summed E-state index contributed by atoms with van der Waals surface area (Å²) in [5.41, 5.74) is 0.958. The summed E-state index contributed by atoms with van der Waals surface area (Å²) in [6, 6.07) is 7.65. The maximum atomic E-state index is 13.1. The Kier molecular flexibility index (Phi) is 6.15. The van der Waals surface area contributed by atoms with Crippen LogP contribution >= 0.6 is 11.3 Å². The number of fused-ring (bicyclic) bond motifs is 3. The van der Waals surface area contributed by atoms with Crippen molar-refractivity contribution in [2.75, 3.05) is 11.9 Å². The van der Waals surface area contributed by atoms with E-state index in [0.717, 1.165) is 39.2 Å². The van der Waals surface area contributed by atoms with Crippen LogP contribution in [0.3, 0.4) is 0 Å². The molecule has 2 aliphatic rings. The first-order chi connectivity index (χ1) is 16.2. The van der Waals surface area contributed by atoms with Crippen molar-refractivity contribution >= 4 is 34.0 Å². The van der Waals surface area contributed by atoms with Crippen molar-refractivity contribution in [2.45, 2.75) is 63.3 Å². The van der Waals surface area contributed by atoms with Gasteiger partial charge in [-0.1, -0.05) is 23.5 Å². The summed E-state index contributed by atoms with van der Waals surface area (Å²) < 4.78 is 37.3. The SMILES string of the molecule is Cc1nnc(-c2ccc3cnc(NC(=O)N4[C@@H]5CC[C@H]4C[C@H](NCCC(F)(F)F)C5)cc3c2)s1. The molecular formula is C23H25F3N6OS. The van der Waals surface area contributed by atoms with Crippen LogP contribution in [0, 0.1) is 6.92 Å². The van der Waals surface area contributed by atoms with E-state index in [1.807, 2.05) is 36.1 Å². The molecule has 2 aromatic heterocycles. The molecule has 11 heteroatoms. The molecule has 3 aromatic rings. The lowest BCUT2D eigenvalue weighted by Gasteiger charge is -2.39. The number of hydrogen-bond donors (Lipinski definition) is 2. The first kappa shape index (κ1) is 23.0. The van der Waals surface area contributed by atoms with Crippen molar-refractivity contribution in [1.82, 2.24) is 25.4 Å². The van der Waals surface area contributed by atoms with E-state index in [9.17, 15) is 18.0 Å². The minimum atomic E-state index is -4.16. The van der Waals surface area contributed by atoms with E-state index in [1.165, 1.54) is 11.3 Å². The number of piperidine rings is 1. The smallest absolute Gasteiger partial charge is 0.318 e. The van der Waals surface area contributed by atoms with Gasteiger partial charge in [0.2, 0.25) is 0 Å². The molecule has 2 fully saturated rings. The van der Waals surface area contributed by atoms with Gasteiger partial charge >= 0.3 is 12.2 Å². The summed E-state index contributed by atoms with van der Waals surface area (Å²) in [7, 11) is 0. The van der Waals surface area contributed by atoms with Crippen molar-refractivity contribution in [3.8, 4) is 10.6 Å². The van der Waals surface area contributed by atoms with E-state index in [-0.39, 0.29) is 30.7 Å². The van der Waals surface area contributed by atoms with E-state index in [2.05, 4.69) is 25.8 Å². The van der Waals surface area contributed by atoms with Crippen LogP contribution in [-0.4, -0.2) is 57.0 Å². The molecule has 4 heterocycles. The summed E-state index contributed by atoms with van der Waals surface area (Å²) in [4.78, 5) is 19.3. The van der Waals surface area contributed by atoms with E-state index in [0.29, 0.717) is 18.7 Å². The number of pyridine rings is 1. The molecule has 3 atom stereocenters. The summed E-state index contributed by atoms with van der Waals surface area (Å²) in [6.45, 7) is 1.83. The van der Waals surface area contributed by atoms with Gasteiger partial charge in [-0.05, 0) is 50.1 Å². The van der Waals surface area contributed by atoms with Gasteiger partial charge in [0, 0.05) is 41.8 Å². The van der Waals surface area contributed by atoms with Gasteiger partial charge in [-0.15, -0.1) is 10.2 Å². The lowest BCUT2D eigenvalue weighted by Crippen LogP contribution is -2.53. The highest BCUT2D eigenvalue weighted by Gasteiger charge is 2.43. The third-order valence-electron chi connectivity index (χ3n) is 6.54. The number of benzene rings is 1. The number of anilines is 1. The molecule has 2 aliphatic heterocycles. The Hall–Kier alpha value is -2.79.